The molecule has 0 amide bonds. The van der Waals surface area contributed by atoms with Gasteiger partial charge in [-0.2, -0.15) is 0 Å². The monoisotopic (exact) mass is 240 g/mol. The van der Waals surface area contributed by atoms with Crippen molar-refractivity contribution in [2.24, 2.45) is 5.73 Å². The molecule has 2 N–H and O–H groups in total. The number of hydrogen-bond acceptors (Lipinski definition) is 3. The molecule has 0 bridgehead atoms. The van der Waals surface area contributed by atoms with E-state index in [-0.39, 0.29) is 0 Å². The van der Waals surface area contributed by atoms with E-state index in [1.54, 1.807) is 0 Å². The van der Waals surface area contributed by atoms with Crippen LogP contribution in [0.1, 0.15) is 22.4 Å². The summed E-state index contributed by atoms with van der Waals surface area (Å²) in [6.07, 6.45) is 3.66. The van der Waals surface area contributed by atoms with Crippen LogP contribution in [-0.2, 0) is 19.4 Å². The summed E-state index contributed by atoms with van der Waals surface area (Å²) in [5.74, 6) is 1.00. The Morgan fingerprint density at radius 1 is 1.28 bits per heavy atom. The lowest BCUT2D eigenvalue weighted by atomic mass is 10.00. The lowest BCUT2D eigenvalue weighted by Crippen LogP contribution is -2.01. The van der Waals surface area contributed by atoms with E-state index in [1.165, 1.54) is 11.1 Å². The van der Waals surface area contributed by atoms with E-state index in [0.717, 1.165) is 36.5 Å². The first-order valence-corrected chi connectivity index (χ1v) is 6.24. The molecule has 0 atom stereocenters. The summed E-state index contributed by atoms with van der Waals surface area (Å²) in [5.41, 5.74) is 10.5. The molecule has 0 saturated carbocycles. The zero-order valence-electron chi connectivity index (χ0n) is 10.2. The number of hydrogen-bond donors (Lipinski definition) is 1. The first-order valence-electron chi connectivity index (χ1n) is 6.24. The zero-order chi connectivity index (χ0) is 12.4. The minimum absolute atomic E-state index is 0.526. The van der Waals surface area contributed by atoms with Crippen LogP contribution in [0, 0.1) is 0 Å². The van der Waals surface area contributed by atoms with Gasteiger partial charge in [-0.1, -0.05) is 18.2 Å². The fraction of sp³-hybridized carbons (Fsp3) is 0.267. The smallest absolute Gasteiger partial charge is 0.127 e. The average Bonchev–Trinajstić information content (AvgIpc) is 2.87. The quantitative estimate of drug-likeness (QED) is 0.893. The van der Waals surface area contributed by atoms with Gasteiger partial charge in [0.1, 0.15) is 5.75 Å². The van der Waals surface area contributed by atoms with Crippen LogP contribution < -0.4 is 10.5 Å². The highest BCUT2D eigenvalue weighted by Gasteiger charge is 2.17. The number of ether oxygens (including phenoxy) is 1. The van der Waals surface area contributed by atoms with Gasteiger partial charge in [-0.05, 0) is 23.3 Å². The number of benzene rings is 1. The van der Waals surface area contributed by atoms with Crippen molar-refractivity contribution in [2.45, 2.75) is 19.4 Å². The van der Waals surface area contributed by atoms with Gasteiger partial charge in [0.05, 0.1) is 6.61 Å². The van der Waals surface area contributed by atoms with E-state index in [1.807, 2.05) is 24.4 Å². The van der Waals surface area contributed by atoms with Crippen LogP contribution in [0.25, 0.3) is 0 Å². The van der Waals surface area contributed by atoms with E-state index < -0.39 is 0 Å². The van der Waals surface area contributed by atoms with Crippen LogP contribution in [0.3, 0.4) is 0 Å². The molecule has 3 rings (SSSR count). The maximum atomic E-state index is 5.79. The van der Waals surface area contributed by atoms with E-state index >= 15 is 0 Å². The van der Waals surface area contributed by atoms with Crippen LogP contribution in [0.4, 0.5) is 0 Å². The van der Waals surface area contributed by atoms with Gasteiger partial charge in [0.2, 0.25) is 0 Å². The second kappa shape index (κ2) is 4.78. The molecule has 1 aliphatic rings. The molecular formula is C15H16N2O. The molecule has 18 heavy (non-hydrogen) atoms. The van der Waals surface area contributed by atoms with Gasteiger partial charge in [0.25, 0.3) is 0 Å². The Kier molecular flexibility index (Phi) is 2.99. The minimum atomic E-state index is 0.526. The molecule has 0 radical (unpaired) electrons. The minimum Gasteiger partial charge on any atom is -0.493 e. The van der Waals surface area contributed by atoms with Crippen molar-refractivity contribution in [3.8, 4) is 5.75 Å². The molecule has 0 spiro atoms. The van der Waals surface area contributed by atoms with Gasteiger partial charge in [-0.3, -0.25) is 4.98 Å². The molecule has 2 aromatic rings. The zero-order valence-corrected chi connectivity index (χ0v) is 10.2. The van der Waals surface area contributed by atoms with Crippen LogP contribution >= 0.6 is 0 Å². The topological polar surface area (TPSA) is 48.1 Å². The SMILES string of the molecule is NCc1cc(Cc2ccccn2)cc2c1OCC2. The van der Waals surface area contributed by atoms with Crippen molar-refractivity contribution >= 4 is 0 Å². The van der Waals surface area contributed by atoms with Crippen LogP contribution in [0.5, 0.6) is 5.75 Å². The Labute approximate surface area is 107 Å². The number of fused-ring (bicyclic) bond motifs is 1. The molecule has 3 heteroatoms. The Balaban J connectivity index is 1.94. The molecule has 1 aromatic heterocycles. The van der Waals surface area contributed by atoms with Crippen molar-refractivity contribution in [1.82, 2.24) is 4.98 Å². The number of nitrogens with zero attached hydrogens (tertiary/aromatic N) is 1. The first-order chi connectivity index (χ1) is 8.86. The summed E-state index contributed by atoms with van der Waals surface area (Å²) < 4.78 is 5.63. The van der Waals surface area contributed by atoms with Crippen molar-refractivity contribution in [3.63, 3.8) is 0 Å². The van der Waals surface area contributed by atoms with Crippen LogP contribution in [0.15, 0.2) is 36.5 Å². The number of rotatable bonds is 3. The molecule has 2 heterocycles. The van der Waals surface area contributed by atoms with E-state index in [4.69, 9.17) is 10.5 Å². The summed E-state index contributed by atoms with van der Waals surface area (Å²) in [4.78, 5) is 4.36. The average molecular weight is 240 g/mol. The third kappa shape index (κ3) is 2.09. The molecule has 1 aromatic carbocycles. The Bertz CT molecular complexity index is 552. The number of pyridine rings is 1. The third-order valence-electron chi connectivity index (χ3n) is 3.25. The summed E-state index contributed by atoms with van der Waals surface area (Å²) >= 11 is 0. The Morgan fingerprint density at radius 3 is 3.00 bits per heavy atom. The van der Waals surface area contributed by atoms with Gasteiger partial charge in [0.15, 0.2) is 0 Å². The number of aromatic nitrogens is 1. The standard InChI is InChI=1S/C15H16N2O/c16-10-13-8-11(7-12-4-6-18-15(12)13)9-14-3-1-2-5-17-14/h1-3,5,7-8H,4,6,9-10,16H2. The third-order valence-corrected chi connectivity index (χ3v) is 3.25. The highest BCUT2D eigenvalue weighted by Crippen LogP contribution is 2.31. The molecule has 3 nitrogen and oxygen atoms in total. The summed E-state index contributed by atoms with van der Waals surface area (Å²) in [7, 11) is 0. The Hall–Kier alpha value is -1.87. The molecule has 0 fully saturated rings. The number of nitrogens with two attached hydrogens (primary N) is 1. The highest BCUT2D eigenvalue weighted by atomic mass is 16.5. The first kappa shape index (κ1) is 11.2. The maximum Gasteiger partial charge on any atom is 0.127 e. The molecule has 1 aliphatic heterocycles. The van der Waals surface area contributed by atoms with E-state index in [2.05, 4.69) is 17.1 Å². The highest BCUT2D eigenvalue weighted by molar-refractivity contribution is 5.47. The van der Waals surface area contributed by atoms with Crippen LogP contribution in [-0.4, -0.2) is 11.6 Å². The molecular weight excluding hydrogens is 224 g/mol. The van der Waals surface area contributed by atoms with Crippen molar-refractivity contribution in [2.75, 3.05) is 6.61 Å². The molecule has 0 saturated heterocycles. The molecule has 92 valence electrons. The predicted octanol–water partition coefficient (Wildman–Crippen LogP) is 2.07. The van der Waals surface area contributed by atoms with Crippen molar-refractivity contribution in [3.05, 3.63) is 58.9 Å². The normalized spacial score (nSPS) is 13.2. The van der Waals surface area contributed by atoms with Gasteiger partial charge in [0, 0.05) is 36.8 Å². The van der Waals surface area contributed by atoms with Gasteiger partial charge in [-0.15, -0.1) is 0 Å². The van der Waals surface area contributed by atoms with Gasteiger partial charge in [-0.25, -0.2) is 0 Å². The van der Waals surface area contributed by atoms with Gasteiger partial charge < -0.3 is 10.5 Å². The lowest BCUT2D eigenvalue weighted by Gasteiger charge is -2.09. The molecule has 0 unspecified atom stereocenters. The van der Waals surface area contributed by atoms with E-state index in [0.29, 0.717) is 6.54 Å². The van der Waals surface area contributed by atoms with E-state index in [9.17, 15) is 0 Å². The summed E-state index contributed by atoms with van der Waals surface area (Å²) in [5, 5.41) is 0. The van der Waals surface area contributed by atoms with Gasteiger partial charge >= 0.3 is 0 Å². The summed E-state index contributed by atoms with van der Waals surface area (Å²) in [6.45, 7) is 1.30. The fourth-order valence-corrected chi connectivity index (χ4v) is 2.43. The second-order valence-electron chi connectivity index (χ2n) is 4.54. The molecule has 0 aliphatic carbocycles. The Morgan fingerprint density at radius 2 is 2.22 bits per heavy atom. The largest absolute Gasteiger partial charge is 0.493 e. The summed E-state index contributed by atoms with van der Waals surface area (Å²) in [6, 6.07) is 10.4. The van der Waals surface area contributed by atoms with Crippen molar-refractivity contribution < 1.29 is 4.74 Å². The fourth-order valence-electron chi connectivity index (χ4n) is 2.43. The van der Waals surface area contributed by atoms with Crippen molar-refractivity contribution in [1.29, 1.82) is 0 Å². The lowest BCUT2D eigenvalue weighted by molar-refractivity contribution is 0.353. The second-order valence-corrected chi connectivity index (χ2v) is 4.54. The maximum absolute atomic E-state index is 5.79. The van der Waals surface area contributed by atoms with Crippen LogP contribution in [0.2, 0.25) is 0 Å². The predicted molar refractivity (Wildman–Crippen MR) is 70.6 cm³/mol.